The first-order chi connectivity index (χ1) is 5.29. The van der Waals surface area contributed by atoms with Crippen LogP contribution in [0, 0.1) is 0 Å². The monoisotopic (exact) mass is 151 g/mol. The fourth-order valence-corrected chi connectivity index (χ4v) is 1.33. The average molecular weight is 151 g/mol. The number of oxazole rings is 1. The molecule has 0 bridgehead atoms. The number of rotatable bonds is 0. The number of aromatic nitrogens is 1. The zero-order valence-corrected chi connectivity index (χ0v) is 6.33. The molecule has 0 aromatic carbocycles. The zero-order valence-electron chi connectivity index (χ0n) is 6.33. The molecule has 1 aromatic rings. The molecule has 3 nitrogen and oxygen atoms in total. The second-order valence-corrected chi connectivity index (χ2v) is 2.68. The van der Waals surface area contributed by atoms with Gasteiger partial charge in [-0.1, -0.05) is 6.08 Å². The van der Waals surface area contributed by atoms with Crippen LogP contribution in [0.25, 0.3) is 6.08 Å². The smallest absolute Gasteiger partial charge is 0.408 e. The highest BCUT2D eigenvalue weighted by Crippen LogP contribution is 2.16. The summed E-state index contributed by atoms with van der Waals surface area (Å²) >= 11 is 0. The van der Waals surface area contributed by atoms with E-state index in [-0.39, 0.29) is 5.76 Å². The van der Waals surface area contributed by atoms with Crippen LogP contribution in [0.3, 0.4) is 0 Å². The van der Waals surface area contributed by atoms with Crippen LogP contribution in [0.15, 0.2) is 15.3 Å². The van der Waals surface area contributed by atoms with Gasteiger partial charge in [-0.15, -0.1) is 0 Å². The summed E-state index contributed by atoms with van der Waals surface area (Å²) in [6.45, 7) is 0. The third-order valence-corrected chi connectivity index (χ3v) is 1.98. The molecule has 0 saturated carbocycles. The zero-order chi connectivity index (χ0) is 7.84. The predicted octanol–water partition coefficient (Wildman–Crippen LogP) is 0.938. The van der Waals surface area contributed by atoms with Crippen molar-refractivity contribution >= 4 is 6.08 Å². The van der Waals surface area contributed by atoms with Gasteiger partial charge in [-0.3, -0.25) is 4.57 Å². The molecular formula is C8H9NO2. The molecule has 0 unspecified atom stereocenters. The molecule has 1 aliphatic rings. The summed E-state index contributed by atoms with van der Waals surface area (Å²) in [6, 6.07) is 0. The van der Waals surface area contributed by atoms with Crippen molar-refractivity contribution in [3.63, 3.8) is 0 Å². The van der Waals surface area contributed by atoms with E-state index >= 15 is 0 Å². The fourth-order valence-electron chi connectivity index (χ4n) is 1.33. The van der Waals surface area contributed by atoms with Crippen LogP contribution in [0.1, 0.15) is 17.9 Å². The molecule has 0 aliphatic heterocycles. The fraction of sp³-hybridized carbons (Fsp3) is 0.375. The number of hydrogen-bond acceptors (Lipinski definition) is 2. The number of hydrogen-bond donors (Lipinski definition) is 0. The summed E-state index contributed by atoms with van der Waals surface area (Å²) in [4.78, 5) is 11.0. The lowest BCUT2D eigenvalue weighted by molar-refractivity contribution is 0.487. The largest absolute Gasteiger partial charge is 0.419 e. The van der Waals surface area contributed by atoms with Crippen LogP contribution < -0.4 is 5.76 Å². The van der Waals surface area contributed by atoms with E-state index in [1.54, 1.807) is 11.6 Å². The minimum Gasteiger partial charge on any atom is -0.408 e. The van der Waals surface area contributed by atoms with Gasteiger partial charge in [0.05, 0.1) is 5.69 Å². The Morgan fingerprint density at radius 1 is 1.64 bits per heavy atom. The van der Waals surface area contributed by atoms with Crippen molar-refractivity contribution in [3.05, 3.63) is 28.1 Å². The number of fused-ring (bicyclic) bond motifs is 1. The summed E-state index contributed by atoms with van der Waals surface area (Å²) in [5.74, 6) is 0.463. The average Bonchev–Trinajstić information content (AvgIpc) is 2.30. The first-order valence-corrected chi connectivity index (χ1v) is 3.64. The van der Waals surface area contributed by atoms with Gasteiger partial charge in [0.2, 0.25) is 0 Å². The lowest BCUT2D eigenvalue weighted by atomic mass is 10.1. The van der Waals surface area contributed by atoms with Crippen LogP contribution in [0.5, 0.6) is 0 Å². The number of allylic oxidation sites excluding steroid dienone is 1. The second kappa shape index (κ2) is 2.12. The first-order valence-electron chi connectivity index (χ1n) is 3.64. The van der Waals surface area contributed by atoms with Gasteiger partial charge in [0.1, 0.15) is 0 Å². The molecule has 0 fully saturated rings. The van der Waals surface area contributed by atoms with Gasteiger partial charge < -0.3 is 4.42 Å². The maximum atomic E-state index is 11.0. The Hall–Kier alpha value is -1.25. The highest BCUT2D eigenvalue weighted by molar-refractivity contribution is 5.48. The Bertz CT molecular complexity index is 357. The predicted molar refractivity (Wildman–Crippen MR) is 41.3 cm³/mol. The normalized spacial score (nSPS) is 15.0. The Morgan fingerprint density at radius 3 is 3.18 bits per heavy atom. The standard InChI is InChI=1S/C8H9NO2/c1-9-6-4-2-3-5-7(6)11-8(9)10/h3,5H,2,4H2,1H3. The summed E-state index contributed by atoms with van der Waals surface area (Å²) in [5.41, 5.74) is 1.01. The van der Waals surface area contributed by atoms with E-state index < -0.39 is 0 Å². The quantitative estimate of drug-likeness (QED) is 0.553. The highest BCUT2D eigenvalue weighted by Gasteiger charge is 2.13. The molecule has 0 amide bonds. The maximum absolute atomic E-state index is 11.0. The van der Waals surface area contributed by atoms with E-state index in [4.69, 9.17) is 4.42 Å². The molecule has 11 heavy (non-hydrogen) atoms. The van der Waals surface area contributed by atoms with Crippen molar-refractivity contribution < 1.29 is 4.42 Å². The minimum absolute atomic E-state index is 0.262. The molecule has 1 heterocycles. The molecule has 0 spiro atoms. The van der Waals surface area contributed by atoms with E-state index in [2.05, 4.69) is 0 Å². The molecule has 0 N–H and O–H groups in total. The van der Waals surface area contributed by atoms with Crippen molar-refractivity contribution in [1.82, 2.24) is 4.57 Å². The van der Waals surface area contributed by atoms with Gasteiger partial charge in [-0.25, -0.2) is 4.79 Å². The van der Waals surface area contributed by atoms with Gasteiger partial charge in [0, 0.05) is 7.05 Å². The van der Waals surface area contributed by atoms with Crippen molar-refractivity contribution in [3.8, 4) is 0 Å². The maximum Gasteiger partial charge on any atom is 0.419 e. The van der Waals surface area contributed by atoms with Gasteiger partial charge in [0.15, 0.2) is 5.76 Å². The van der Waals surface area contributed by atoms with Crippen molar-refractivity contribution in [2.75, 3.05) is 0 Å². The summed E-state index contributed by atoms with van der Waals surface area (Å²) in [5, 5.41) is 0. The minimum atomic E-state index is -0.262. The molecule has 3 heteroatoms. The molecule has 0 radical (unpaired) electrons. The van der Waals surface area contributed by atoms with Gasteiger partial charge in [0.25, 0.3) is 0 Å². The van der Waals surface area contributed by atoms with Crippen molar-refractivity contribution in [2.45, 2.75) is 12.8 Å². The van der Waals surface area contributed by atoms with Crippen molar-refractivity contribution in [2.24, 2.45) is 7.05 Å². The third-order valence-electron chi connectivity index (χ3n) is 1.98. The molecule has 58 valence electrons. The lowest BCUT2D eigenvalue weighted by Gasteiger charge is -2.02. The Balaban J connectivity index is 2.70. The van der Waals surface area contributed by atoms with Crippen LogP contribution in [0.4, 0.5) is 0 Å². The lowest BCUT2D eigenvalue weighted by Crippen LogP contribution is -2.12. The Kier molecular flexibility index (Phi) is 1.24. The second-order valence-electron chi connectivity index (χ2n) is 2.68. The van der Waals surface area contributed by atoms with Crippen LogP contribution in [-0.4, -0.2) is 4.57 Å². The third kappa shape index (κ3) is 0.843. The highest BCUT2D eigenvalue weighted by atomic mass is 16.4. The van der Waals surface area contributed by atoms with Gasteiger partial charge in [-0.05, 0) is 18.9 Å². The first kappa shape index (κ1) is 6.46. The van der Waals surface area contributed by atoms with Crippen LogP contribution in [0.2, 0.25) is 0 Å². The van der Waals surface area contributed by atoms with Gasteiger partial charge in [-0.2, -0.15) is 0 Å². The van der Waals surface area contributed by atoms with E-state index in [1.807, 2.05) is 12.2 Å². The summed E-state index contributed by atoms with van der Waals surface area (Å²) < 4.78 is 6.53. The molecule has 0 saturated heterocycles. The molecule has 1 aliphatic carbocycles. The molecular weight excluding hydrogens is 142 g/mol. The Labute approximate surface area is 63.9 Å². The summed E-state index contributed by atoms with van der Waals surface area (Å²) in [7, 11) is 1.74. The number of nitrogens with zero attached hydrogens (tertiary/aromatic N) is 1. The Morgan fingerprint density at radius 2 is 2.45 bits per heavy atom. The van der Waals surface area contributed by atoms with E-state index in [9.17, 15) is 4.79 Å². The van der Waals surface area contributed by atoms with Crippen molar-refractivity contribution in [1.29, 1.82) is 0 Å². The van der Waals surface area contributed by atoms with E-state index in [1.165, 1.54) is 0 Å². The summed E-state index contributed by atoms with van der Waals surface area (Å²) in [6.07, 6.45) is 5.79. The van der Waals surface area contributed by atoms with E-state index in [0.29, 0.717) is 0 Å². The van der Waals surface area contributed by atoms with Gasteiger partial charge >= 0.3 is 5.76 Å². The molecule has 2 rings (SSSR count). The SMILES string of the molecule is Cn1c2c(oc1=O)C=CCC2. The molecule has 1 aromatic heterocycles. The molecule has 0 atom stereocenters. The van der Waals surface area contributed by atoms with E-state index in [0.717, 1.165) is 24.3 Å². The van der Waals surface area contributed by atoms with Crippen LogP contribution in [-0.2, 0) is 13.5 Å². The van der Waals surface area contributed by atoms with Crippen LogP contribution >= 0.6 is 0 Å². The topological polar surface area (TPSA) is 35.1 Å².